The van der Waals surface area contributed by atoms with Crippen LogP contribution in [0.5, 0.6) is 0 Å². The average molecular weight is 413 g/mol. The fraction of sp³-hybridized carbons (Fsp3) is 0.318. The largest absolute Gasteiger partial charge is 0.336 e. The summed E-state index contributed by atoms with van der Waals surface area (Å²) < 4.78 is 1.72. The Balaban J connectivity index is 0.00000240. The summed E-state index contributed by atoms with van der Waals surface area (Å²) >= 11 is 0. The lowest BCUT2D eigenvalue weighted by Crippen LogP contribution is -2.35. The molecule has 2 heterocycles. The van der Waals surface area contributed by atoms with Crippen LogP contribution in [0.25, 0.3) is 10.9 Å². The second-order valence-corrected chi connectivity index (χ2v) is 7.23. The highest BCUT2D eigenvalue weighted by Gasteiger charge is 2.37. The average Bonchev–Trinajstić information content (AvgIpc) is 3.19. The summed E-state index contributed by atoms with van der Waals surface area (Å²) in [6, 6.07) is 17.4. The van der Waals surface area contributed by atoms with Crippen LogP contribution in [-0.4, -0.2) is 40.2 Å². The van der Waals surface area contributed by atoms with Crippen LogP contribution < -0.4 is 11.2 Å². The Bertz CT molecular complexity index is 1070. The zero-order chi connectivity index (χ0) is 19.7. The first-order chi connectivity index (χ1) is 13.6. The van der Waals surface area contributed by atoms with Gasteiger partial charge in [-0.05, 0) is 37.1 Å². The van der Waals surface area contributed by atoms with E-state index in [1.807, 2.05) is 43.3 Å². The standard InChI is InChI=1S/C22H24N4O2.ClH/c1-2-26-19-11-7-6-10-17(19)21(27)20(24-26)22(28)25-13-16(12-23)18(14-25)15-8-4-3-5-9-15;/h3-11,16,18H,2,12-14,23H2,1H3;1H/t16-,18+;/m1./s1. The van der Waals surface area contributed by atoms with Gasteiger partial charge in [0, 0.05) is 30.9 Å². The fourth-order valence-corrected chi connectivity index (χ4v) is 4.12. The molecule has 29 heavy (non-hydrogen) atoms. The molecule has 0 radical (unpaired) electrons. The molecule has 152 valence electrons. The topological polar surface area (TPSA) is 81.2 Å². The van der Waals surface area contributed by atoms with Gasteiger partial charge in [-0.1, -0.05) is 42.5 Å². The molecule has 3 aromatic rings. The molecular weight excluding hydrogens is 388 g/mol. The number of likely N-dealkylation sites (tertiary alicyclic amines) is 1. The minimum Gasteiger partial charge on any atom is -0.336 e. The summed E-state index contributed by atoms with van der Waals surface area (Å²) in [6.07, 6.45) is 0. The molecule has 4 rings (SSSR count). The van der Waals surface area contributed by atoms with Crippen molar-refractivity contribution in [3.8, 4) is 0 Å². The van der Waals surface area contributed by atoms with E-state index in [0.717, 1.165) is 5.52 Å². The number of hydrogen-bond acceptors (Lipinski definition) is 4. The van der Waals surface area contributed by atoms with Crippen LogP contribution in [-0.2, 0) is 6.54 Å². The Labute approximate surface area is 175 Å². The van der Waals surface area contributed by atoms with Crippen LogP contribution in [0.2, 0.25) is 0 Å². The molecule has 0 spiro atoms. The first-order valence-electron chi connectivity index (χ1n) is 9.68. The maximum atomic E-state index is 13.2. The van der Waals surface area contributed by atoms with E-state index in [1.54, 1.807) is 15.6 Å². The SMILES string of the molecule is CCn1nc(C(=O)N2C[C@@H](CN)[C@H](c3ccccc3)C2)c(=O)c2ccccc21.Cl. The molecule has 0 aliphatic carbocycles. The number of aromatic nitrogens is 2. The number of carbonyl (C=O) groups excluding carboxylic acids is 1. The van der Waals surface area contributed by atoms with Gasteiger partial charge in [0.15, 0.2) is 5.69 Å². The third-order valence-corrected chi connectivity index (χ3v) is 5.62. The van der Waals surface area contributed by atoms with Gasteiger partial charge < -0.3 is 10.6 Å². The Morgan fingerprint density at radius 3 is 2.48 bits per heavy atom. The summed E-state index contributed by atoms with van der Waals surface area (Å²) in [6.45, 7) is 4.11. The van der Waals surface area contributed by atoms with Gasteiger partial charge in [0.05, 0.1) is 5.52 Å². The van der Waals surface area contributed by atoms with Crippen LogP contribution >= 0.6 is 12.4 Å². The number of hydrogen-bond donors (Lipinski definition) is 1. The number of carbonyl (C=O) groups is 1. The van der Waals surface area contributed by atoms with Crippen LogP contribution in [0.4, 0.5) is 0 Å². The molecule has 1 saturated heterocycles. The van der Waals surface area contributed by atoms with Crippen molar-refractivity contribution < 1.29 is 4.79 Å². The normalized spacial score (nSPS) is 18.6. The zero-order valence-corrected chi connectivity index (χ0v) is 17.1. The molecule has 1 aliphatic heterocycles. The van der Waals surface area contributed by atoms with E-state index in [2.05, 4.69) is 17.2 Å². The van der Waals surface area contributed by atoms with Crippen molar-refractivity contribution in [3.63, 3.8) is 0 Å². The van der Waals surface area contributed by atoms with Gasteiger partial charge in [-0.25, -0.2) is 0 Å². The number of rotatable bonds is 4. The van der Waals surface area contributed by atoms with Crippen LogP contribution in [0.1, 0.15) is 28.9 Å². The molecule has 1 aromatic heterocycles. The first kappa shape index (κ1) is 21.0. The summed E-state index contributed by atoms with van der Waals surface area (Å²) in [7, 11) is 0. The van der Waals surface area contributed by atoms with Gasteiger partial charge in [0.25, 0.3) is 5.91 Å². The first-order valence-corrected chi connectivity index (χ1v) is 9.68. The second-order valence-electron chi connectivity index (χ2n) is 7.23. The second kappa shape index (κ2) is 8.76. The molecule has 0 unspecified atom stereocenters. The quantitative estimate of drug-likeness (QED) is 0.714. The number of amides is 1. The van der Waals surface area contributed by atoms with Crippen molar-refractivity contribution in [1.82, 2.24) is 14.7 Å². The Morgan fingerprint density at radius 2 is 1.79 bits per heavy atom. The van der Waals surface area contributed by atoms with Crippen LogP contribution in [0, 0.1) is 5.92 Å². The van der Waals surface area contributed by atoms with Crippen molar-refractivity contribution in [3.05, 3.63) is 76.1 Å². The van der Waals surface area contributed by atoms with Crippen molar-refractivity contribution in [1.29, 1.82) is 0 Å². The van der Waals surface area contributed by atoms with Crippen LogP contribution in [0.15, 0.2) is 59.4 Å². The number of fused-ring (bicyclic) bond motifs is 1. The smallest absolute Gasteiger partial charge is 0.278 e. The highest BCUT2D eigenvalue weighted by Crippen LogP contribution is 2.32. The van der Waals surface area contributed by atoms with Crippen molar-refractivity contribution in [2.24, 2.45) is 11.7 Å². The predicted octanol–water partition coefficient (Wildman–Crippen LogP) is 2.65. The minimum absolute atomic E-state index is 0. The molecule has 6 nitrogen and oxygen atoms in total. The number of halogens is 1. The van der Waals surface area contributed by atoms with Gasteiger partial charge in [-0.2, -0.15) is 5.10 Å². The number of nitrogens with two attached hydrogens (primary N) is 1. The van der Waals surface area contributed by atoms with E-state index in [-0.39, 0.29) is 41.3 Å². The molecule has 7 heteroatoms. The minimum atomic E-state index is -0.310. The van der Waals surface area contributed by atoms with E-state index in [1.165, 1.54) is 5.56 Å². The summed E-state index contributed by atoms with van der Waals surface area (Å²) in [5.74, 6) is 0.0269. The van der Waals surface area contributed by atoms with E-state index in [0.29, 0.717) is 31.6 Å². The highest BCUT2D eigenvalue weighted by atomic mass is 35.5. The molecule has 1 aliphatic rings. The van der Waals surface area contributed by atoms with Crippen molar-refractivity contribution in [2.75, 3.05) is 19.6 Å². The van der Waals surface area contributed by atoms with E-state index in [4.69, 9.17) is 5.73 Å². The van der Waals surface area contributed by atoms with Crippen LogP contribution in [0.3, 0.4) is 0 Å². The monoisotopic (exact) mass is 412 g/mol. The van der Waals surface area contributed by atoms with Crippen molar-refractivity contribution >= 4 is 29.2 Å². The van der Waals surface area contributed by atoms with Gasteiger partial charge >= 0.3 is 0 Å². The van der Waals surface area contributed by atoms with Gasteiger partial charge in [0.1, 0.15) is 0 Å². The molecular formula is C22H25ClN4O2. The fourth-order valence-electron chi connectivity index (χ4n) is 4.12. The summed E-state index contributed by atoms with van der Waals surface area (Å²) in [5, 5.41) is 4.92. The summed E-state index contributed by atoms with van der Waals surface area (Å²) in [4.78, 5) is 27.9. The van der Waals surface area contributed by atoms with Crippen molar-refractivity contribution in [2.45, 2.75) is 19.4 Å². The lowest BCUT2D eigenvalue weighted by atomic mass is 9.89. The van der Waals surface area contributed by atoms with Gasteiger partial charge in [-0.15, -0.1) is 12.4 Å². The number of nitrogens with zero attached hydrogens (tertiary/aromatic N) is 3. The van der Waals surface area contributed by atoms with Gasteiger partial charge in [0.2, 0.25) is 5.43 Å². The number of para-hydroxylation sites is 1. The lowest BCUT2D eigenvalue weighted by molar-refractivity contribution is 0.0777. The zero-order valence-electron chi connectivity index (χ0n) is 16.3. The summed E-state index contributed by atoms with van der Waals surface area (Å²) in [5.41, 5.74) is 7.59. The van der Waals surface area contributed by atoms with E-state index < -0.39 is 0 Å². The van der Waals surface area contributed by atoms with Gasteiger partial charge in [-0.3, -0.25) is 14.3 Å². The molecule has 1 fully saturated rings. The number of aryl methyl sites for hydroxylation is 1. The lowest BCUT2D eigenvalue weighted by Gasteiger charge is -2.17. The highest BCUT2D eigenvalue weighted by molar-refractivity contribution is 5.95. The third kappa shape index (κ3) is 3.78. The predicted molar refractivity (Wildman–Crippen MR) is 117 cm³/mol. The molecule has 1 amide bonds. The molecule has 2 N–H and O–H groups in total. The van der Waals surface area contributed by atoms with E-state index in [9.17, 15) is 9.59 Å². The Kier molecular flexibility index (Phi) is 6.35. The number of benzene rings is 2. The molecule has 0 bridgehead atoms. The Morgan fingerprint density at radius 1 is 1.10 bits per heavy atom. The molecule has 0 saturated carbocycles. The van der Waals surface area contributed by atoms with E-state index >= 15 is 0 Å². The maximum absolute atomic E-state index is 13.2. The molecule has 2 atom stereocenters. The molecule has 2 aromatic carbocycles. The maximum Gasteiger partial charge on any atom is 0.278 e. The Hall–Kier alpha value is -2.70. The third-order valence-electron chi connectivity index (χ3n) is 5.62.